The fraction of sp³-hybridized carbons (Fsp3) is 0.500. The smallest absolute Gasteiger partial charge is 0.0819 e. The van der Waals surface area contributed by atoms with E-state index in [0.29, 0.717) is 5.92 Å². The number of hydrogen-bond donors (Lipinski definition) is 1. The maximum atomic E-state index is 9.88. The number of piperidine rings is 1. The second-order valence-corrected chi connectivity index (χ2v) is 4.66. The molecule has 1 heterocycles. The van der Waals surface area contributed by atoms with Gasteiger partial charge in [0.15, 0.2) is 0 Å². The molecule has 0 radical (unpaired) electrons. The summed E-state index contributed by atoms with van der Waals surface area (Å²) in [6.45, 7) is 2.93. The minimum absolute atomic E-state index is 0.311. The van der Waals surface area contributed by atoms with Crippen molar-refractivity contribution in [2.45, 2.75) is 18.6 Å². The molecule has 1 saturated carbocycles. The lowest BCUT2D eigenvalue weighted by molar-refractivity contribution is 0.126. The average Bonchev–Trinajstić information content (AvgIpc) is 2.67. The Kier molecular flexibility index (Phi) is 1.70. The third kappa shape index (κ3) is 1.35. The van der Waals surface area contributed by atoms with E-state index >= 15 is 0 Å². The van der Waals surface area contributed by atoms with E-state index in [0.717, 1.165) is 26.1 Å². The number of fused-ring (bicyclic) bond motifs is 1. The van der Waals surface area contributed by atoms with Crippen LogP contribution in [-0.4, -0.2) is 28.7 Å². The van der Waals surface area contributed by atoms with Gasteiger partial charge in [-0.05, 0) is 12.0 Å². The van der Waals surface area contributed by atoms with Crippen molar-refractivity contribution in [3.63, 3.8) is 0 Å². The van der Waals surface area contributed by atoms with E-state index in [-0.39, 0.29) is 5.60 Å². The standard InChI is InChI=1S/C12H15NO/c14-12-6-11(12)8-13(9-12)7-10-4-2-1-3-5-10/h1-5,11,14H,6-9H2/t11-,12-/m1/s1. The van der Waals surface area contributed by atoms with Crippen LogP contribution in [0.15, 0.2) is 30.3 Å². The van der Waals surface area contributed by atoms with E-state index in [1.54, 1.807) is 0 Å². The molecule has 3 rings (SSSR count). The van der Waals surface area contributed by atoms with Crippen LogP contribution in [0.1, 0.15) is 12.0 Å². The molecule has 2 nitrogen and oxygen atoms in total. The summed E-state index contributed by atoms with van der Waals surface area (Å²) >= 11 is 0. The molecule has 2 atom stereocenters. The molecule has 2 fully saturated rings. The first-order valence-electron chi connectivity index (χ1n) is 5.25. The number of aliphatic hydroxyl groups is 1. The van der Waals surface area contributed by atoms with Crippen LogP contribution >= 0.6 is 0 Å². The summed E-state index contributed by atoms with van der Waals surface area (Å²) in [5, 5.41) is 9.88. The first kappa shape index (κ1) is 8.45. The third-order valence-corrected chi connectivity index (χ3v) is 3.42. The highest BCUT2D eigenvalue weighted by molar-refractivity contribution is 5.17. The molecular weight excluding hydrogens is 174 g/mol. The van der Waals surface area contributed by atoms with Crippen molar-refractivity contribution >= 4 is 0 Å². The van der Waals surface area contributed by atoms with Crippen molar-refractivity contribution in [3.05, 3.63) is 35.9 Å². The maximum absolute atomic E-state index is 9.88. The Hall–Kier alpha value is -0.860. The molecule has 1 aliphatic heterocycles. The Morgan fingerprint density at radius 3 is 2.79 bits per heavy atom. The maximum Gasteiger partial charge on any atom is 0.0819 e. The molecule has 1 N–H and O–H groups in total. The second-order valence-electron chi connectivity index (χ2n) is 4.66. The Morgan fingerprint density at radius 1 is 1.36 bits per heavy atom. The van der Waals surface area contributed by atoms with E-state index < -0.39 is 0 Å². The summed E-state index contributed by atoms with van der Waals surface area (Å²) in [4.78, 5) is 2.35. The summed E-state index contributed by atoms with van der Waals surface area (Å²) in [5.41, 5.74) is 1.03. The Morgan fingerprint density at radius 2 is 2.14 bits per heavy atom. The molecule has 74 valence electrons. The number of nitrogens with zero attached hydrogens (tertiary/aromatic N) is 1. The van der Waals surface area contributed by atoms with Crippen molar-refractivity contribution in [2.75, 3.05) is 13.1 Å². The van der Waals surface area contributed by atoms with E-state index in [1.165, 1.54) is 5.56 Å². The van der Waals surface area contributed by atoms with Gasteiger partial charge in [-0.1, -0.05) is 30.3 Å². The van der Waals surface area contributed by atoms with E-state index in [9.17, 15) is 5.11 Å². The zero-order valence-electron chi connectivity index (χ0n) is 8.19. The van der Waals surface area contributed by atoms with Crippen molar-refractivity contribution < 1.29 is 5.11 Å². The molecule has 0 amide bonds. The summed E-state index contributed by atoms with van der Waals surface area (Å²) in [6.07, 6.45) is 1.03. The van der Waals surface area contributed by atoms with Gasteiger partial charge in [0.1, 0.15) is 0 Å². The second kappa shape index (κ2) is 2.81. The minimum atomic E-state index is -0.311. The SMILES string of the molecule is O[C@@]12C[C@@H]1CN(Cc1ccccc1)C2. The highest BCUT2D eigenvalue weighted by atomic mass is 16.3. The van der Waals surface area contributed by atoms with Crippen LogP contribution in [0.25, 0.3) is 0 Å². The quantitative estimate of drug-likeness (QED) is 0.757. The molecule has 0 unspecified atom stereocenters. The van der Waals surface area contributed by atoms with Gasteiger partial charge in [-0.25, -0.2) is 0 Å². The largest absolute Gasteiger partial charge is 0.388 e. The van der Waals surface area contributed by atoms with Crippen molar-refractivity contribution in [2.24, 2.45) is 5.92 Å². The number of benzene rings is 1. The summed E-state index contributed by atoms with van der Waals surface area (Å²) in [7, 11) is 0. The van der Waals surface area contributed by atoms with Crippen LogP contribution in [0, 0.1) is 5.92 Å². The average molecular weight is 189 g/mol. The van der Waals surface area contributed by atoms with Gasteiger partial charge in [0.05, 0.1) is 5.60 Å². The molecule has 0 spiro atoms. The third-order valence-electron chi connectivity index (χ3n) is 3.42. The highest BCUT2D eigenvalue weighted by Gasteiger charge is 2.58. The zero-order valence-corrected chi connectivity index (χ0v) is 8.19. The van der Waals surface area contributed by atoms with Crippen LogP contribution in [0.3, 0.4) is 0 Å². The molecule has 14 heavy (non-hydrogen) atoms. The monoisotopic (exact) mass is 189 g/mol. The lowest BCUT2D eigenvalue weighted by Gasteiger charge is -2.18. The van der Waals surface area contributed by atoms with Gasteiger partial charge >= 0.3 is 0 Å². The van der Waals surface area contributed by atoms with Crippen molar-refractivity contribution in [1.29, 1.82) is 0 Å². The molecule has 0 bridgehead atoms. The molecular formula is C12H15NO. The van der Waals surface area contributed by atoms with Crippen LogP contribution in [0.5, 0.6) is 0 Å². The van der Waals surface area contributed by atoms with Gasteiger partial charge in [0.2, 0.25) is 0 Å². The molecule has 1 aliphatic carbocycles. The molecule has 1 saturated heterocycles. The van der Waals surface area contributed by atoms with Gasteiger partial charge in [0.25, 0.3) is 0 Å². The van der Waals surface area contributed by atoms with E-state index in [2.05, 4.69) is 29.2 Å². The first-order valence-corrected chi connectivity index (χ1v) is 5.25. The Bertz CT molecular complexity index is 337. The number of β-amino-alcohol motifs (C(OH)–C–C–N with tert-alkyl or cyclic N) is 1. The topological polar surface area (TPSA) is 23.5 Å². The summed E-state index contributed by atoms with van der Waals surface area (Å²) in [5.74, 6) is 0.561. The van der Waals surface area contributed by atoms with Gasteiger partial charge in [-0.3, -0.25) is 4.90 Å². The molecule has 2 heteroatoms. The number of rotatable bonds is 2. The fourth-order valence-corrected chi connectivity index (χ4v) is 2.52. The normalized spacial score (nSPS) is 35.6. The lowest BCUT2D eigenvalue weighted by Crippen LogP contribution is -2.26. The molecule has 1 aromatic rings. The molecule has 1 aromatic carbocycles. The van der Waals surface area contributed by atoms with Crippen LogP contribution in [0.4, 0.5) is 0 Å². The Labute approximate surface area is 84.2 Å². The van der Waals surface area contributed by atoms with Gasteiger partial charge in [0, 0.05) is 25.6 Å². The van der Waals surface area contributed by atoms with E-state index in [4.69, 9.17) is 0 Å². The summed E-state index contributed by atoms with van der Waals surface area (Å²) < 4.78 is 0. The predicted octanol–water partition coefficient (Wildman–Crippen LogP) is 1.25. The fourth-order valence-electron chi connectivity index (χ4n) is 2.52. The predicted molar refractivity (Wildman–Crippen MR) is 54.8 cm³/mol. The lowest BCUT2D eigenvalue weighted by atomic mass is 10.2. The molecule has 2 aliphatic rings. The van der Waals surface area contributed by atoms with Crippen LogP contribution in [-0.2, 0) is 6.54 Å². The minimum Gasteiger partial charge on any atom is -0.388 e. The van der Waals surface area contributed by atoms with Gasteiger partial charge in [-0.2, -0.15) is 0 Å². The van der Waals surface area contributed by atoms with Crippen molar-refractivity contribution in [1.82, 2.24) is 4.90 Å². The van der Waals surface area contributed by atoms with Gasteiger partial charge in [-0.15, -0.1) is 0 Å². The molecule has 0 aromatic heterocycles. The highest BCUT2D eigenvalue weighted by Crippen LogP contribution is 2.49. The first-order chi connectivity index (χ1) is 6.76. The Balaban J connectivity index is 1.65. The van der Waals surface area contributed by atoms with E-state index in [1.807, 2.05) is 6.07 Å². The van der Waals surface area contributed by atoms with Crippen LogP contribution < -0.4 is 0 Å². The number of likely N-dealkylation sites (tertiary alicyclic amines) is 1. The van der Waals surface area contributed by atoms with Crippen LogP contribution in [0.2, 0.25) is 0 Å². The zero-order chi connectivity index (χ0) is 9.60. The number of hydrogen-bond acceptors (Lipinski definition) is 2. The van der Waals surface area contributed by atoms with Crippen molar-refractivity contribution in [3.8, 4) is 0 Å². The summed E-state index contributed by atoms with van der Waals surface area (Å²) in [6, 6.07) is 10.5. The van der Waals surface area contributed by atoms with Gasteiger partial charge < -0.3 is 5.11 Å².